The summed E-state index contributed by atoms with van der Waals surface area (Å²) in [5, 5.41) is 6.10. The van der Waals surface area contributed by atoms with Crippen molar-refractivity contribution < 1.29 is 13.9 Å². The number of hydrogen-bond donors (Lipinski definition) is 2. The van der Waals surface area contributed by atoms with Crippen LogP contribution in [0.25, 0.3) is 11.3 Å². The first kappa shape index (κ1) is 20.9. The monoisotopic (exact) mass is 420 g/mol. The van der Waals surface area contributed by atoms with Crippen molar-refractivity contribution in [2.75, 3.05) is 18.5 Å². The zero-order valence-corrected chi connectivity index (χ0v) is 17.7. The summed E-state index contributed by atoms with van der Waals surface area (Å²) in [6, 6.07) is 10.4. The Morgan fingerprint density at radius 3 is 2.77 bits per heavy atom. The van der Waals surface area contributed by atoms with Crippen LogP contribution in [0.5, 0.6) is 0 Å². The molecule has 0 atom stereocenters. The molecule has 0 saturated heterocycles. The highest BCUT2D eigenvalue weighted by atomic mass is 19.1. The largest absolute Gasteiger partial charge is 0.377 e. The number of amides is 1. The number of rotatable bonds is 0. The van der Waals surface area contributed by atoms with Gasteiger partial charge in [-0.05, 0) is 68.1 Å². The maximum absolute atomic E-state index is 14.2. The minimum absolute atomic E-state index is 0.103. The van der Waals surface area contributed by atoms with Crippen molar-refractivity contribution in [2.45, 2.75) is 33.3 Å². The summed E-state index contributed by atoms with van der Waals surface area (Å²) in [6.07, 6.45) is 3.31. The van der Waals surface area contributed by atoms with Crippen LogP contribution in [0.3, 0.4) is 0 Å². The van der Waals surface area contributed by atoms with Gasteiger partial charge in [-0.3, -0.25) is 4.79 Å². The van der Waals surface area contributed by atoms with Crippen molar-refractivity contribution in [3.05, 3.63) is 70.7 Å². The molecule has 0 radical (unpaired) electrons. The highest BCUT2D eigenvalue weighted by Crippen LogP contribution is 2.27. The molecule has 2 aromatic carbocycles. The van der Waals surface area contributed by atoms with Crippen LogP contribution in [0.1, 0.15) is 39.9 Å². The predicted molar refractivity (Wildman–Crippen MR) is 118 cm³/mol. The number of aromatic nitrogens is 2. The normalized spacial score (nSPS) is 14.7. The molecule has 6 bridgehead atoms. The predicted octanol–water partition coefficient (Wildman–Crippen LogP) is 4.68. The van der Waals surface area contributed by atoms with Crippen LogP contribution < -0.4 is 10.6 Å². The Morgan fingerprint density at radius 2 is 1.94 bits per heavy atom. The Bertz CT molecular complexity index is 1120. The van der Waals surface area contributed by atoms with Gasteiger partial charge in [0.15, 0.2) is 0 Å². The maximum Gasteiger partial charge on any atom is 0.251 e. The van der Waals surface area contributed by atoms with E-state index < -0.39 is 0 Å². The van der Waals surface area contributed by atoms with Gasteiger partial charge in [0.05, 0.1) is 12.3 Å². The number of ether oxygens (including phenoxy) is 1. The second kappa shape index (κ2) is 9.22. The van der Waals surface area contributed by atoms with E-state index in [9.17, 15) is 9.18 Å². The first-order valence-electron chi connectivity index (χ1n) is 10.4. The molecule has 3 heterocycles. The van der Waals surface area contributed by atoms with Gasteiger partial charge in [0, 0.05) is 41.7 Å². The van der Waals surface area contributed by atoms with E-state index in [1.165, 1.54) is 6.07 Å². The molecule has 160 valence electrons. The van der Waals surface area contributed by atoms with E-state index in [1.807, 2.05) is 32.0 Å². The number of benzene rings is 2. The first-order valence-corrected chi connectivity index (χ1v) is 10.4. The first-order chi connectivity index (χ1) is 15.0. The van der Waals surface area contributed by atoms with Crippen molar-refractivity contribution in [3.63, 3.8) is 0 Å². The second-order valence-electron chi connectivity index (χ2n) is 7.70. The van der Waals surface area contributed by atoms with Crippen molar-refractivity contribution in [3.8, 4) is 11.3 Å². The van der Waals surface area contributed by atoms with Crippen LogP contribution in [0, 0.1) is 19.7 Å². The van der Waals surface area contributed by atoms with Crippen LogP contribution in [0.2, 0.25) is 0 Å². The molecule has 2 N–H and O–H groups in total. The number of carbonyl (C=O) groups is 1. The molecule has 7 heteroatoms. The summed E-state index contributed by atoms with van der Waals surface area (Å²) in [5.74, 6) is -0.00347. The van der Waals surface area contributed by atoms with E-state index in [-0.39, 0.29) is 18.3 Å². The number of aryl methyl sites for hydroxylation is 2. The summed E-state index contributed by atoms with van der Waals surface area (Å²) < 4.78 is 19.8. The van der Waals surface area contributed by atoms with Crippen LogP contribution in [0.4, 0.5) is 16.0 Å². The third-order valence-corrected chi connectivity index (χ3v) is 5.28. The van der Waals surface area contributed by atoms with Crippen LogP contribution >= 0.6 is 0 Å². The number of fused-ring (bicyclic) bond motifs is 9. The molecular formula is C24H25FN4O2. The lowest BCUT2D eigenvalue weighted by molar-refractivity contribution is 0.0945. The molecule has 0 fully saturated rings. The number of halogens is 1. The van der Waals surface area contributed by atoms with E-state index in [0.717, 1.165) is 35.2 Å². The summed E-state index contributed by atoms with van der Waals surface area (Å²) in [4.78, 5) is 21.5. The Morgan fingerprint density at radius 1 is 1.06 bits per heavy atom. The van der Waals surface area contributed by atoms with E-state index >= 15 is 0 Å². The van der Waals surface area contributed by atoms with Crippen molar-refractivity contribution in [1.29, 1.82) is 0 Å². The Balaban J connectivity index is 1.73. The number of hydrogen-bond acceptors (Lipinski definition) is 5. The number of carbonyl (C=O) groups excluding carboxylic acids is 1. The minimum atomic E-state index is -0.315. The van der Waals surface area contributed by atoms with Gasteiger partial charge in [-0.25, -0.2) is 14.4 Å². The van der Waals surface area contributed by atoms with Crippen LogP contribution in [0.15, 0.2) is 42.6 Å². The zero-order chi connectivity index (χ0) is 21.8. The highest BCUT2D eigenvalue weighted by molar-refractivity contribution is 5.95. The van der Waals surface area contributed by atoms with Gasteiger partial charge in [0.25, 0.3) is 5.91 Å². The number of anilines is 2. The minimum Gasteiger partial charge on any atom is -0.377 e. The van der Waals surface area contributed by atoms with Crippen molar-refractivity contribution in [2.24, 2.45) is 0 Å². The number of nitrogens with zero attached hydrogens (tertiary/aromatic N) is 2. The molecule has 1 aromatic heterocycles. The maximum atomic E-state index is 14.2. The second-order valence-corrected chi connectivity index (χ2v) is 7.70. The van der Waals surface area contributed by atoms with E-state index in [4.69, 9.17) is 4.74 Å². The van der Waals surface area contributed by atoms with Crippen molar-refractivity contribution >= 4 is 17.5 Å². The van der Waals surface area contributed by atoms with Gasteiger partial charge in [-0.2, -0.15) is 0 Å². The lowest BCUT2D eigenvalue weighted by atomic mass is 10.00. The zero-order valence-electron chi connectivity index (χ0n) is 17.7. The van der Waals surface area contributed by atoms with Crippen LogP contribution in [-0.2, 0) is 11.3 Å². The summed E-state index contributed by atoms with van der Waals surface area (Å²) in [6.45, 7) is 5.14. The van der Waals surface area contributed by atoms with Gasteiger partial charge in [0.1, 0.15) is 5.82 Å². The number of nitrogens with one attached hydrogen (secondary N) is 2. The topological polar surface area (TPSA) is 76.1 Å². The molecular weight excluding hydrogens is 395 g/mol. The molecule has 0 unspecified atom stereocenters. The third-order valence-electron chi connectivity index (χ3n) is 5.28. The molecule has 3 aromatic rings. The van der Waals surface area contributed by atoms with E-state index in [0.29, 0.717) is 35.9 Å². The molecule has 2 aliphatic rings. The average Bonchev–Trinajstić information content (AvgIpc) is 2.76. The van der Waals surface area contributed by atoms with Gasteiger partial charge in [-0.15, -0.1) is 0 Å². The Labute approximate surface area is 180 Å². The molecule has 0 aliphatic carbocycles. The smallest absolute Gasteiger partial charge is 0.251 e. The fourth-order valence-electron chi connectivity index (χ4n) is 3.55. The SMILES string of the molecule is Cc1cc2ccc1-c1nc(ncc1C)Nc1ccc(F)c(c1)COCCCCNC2=O. The van der Waals surface area contributed by atoms with E-state index in [1.54, 1.807) is 18.3 Å². The van der Waals surface area contributed by atoms with Gasteiger partial charge in [0.2, 0.25) is 5.95 Å². The quantitative estimate of drug-likeness (QED) is 0.552. The fourth-order valence-corrected chi connectivity index (χ4v) is 3.55. The standard InChI is InChI=1S/C24H25FN4O2/c1-15-11-17-5-7-20(15)22-16(2)13-27-24(29-22)28-19-6-8-21(25)18(12-19)14-31-10-4-3-9-26-23(17)30/h5-8,11-13H,3-4,9-10,14H2,1-2H3,(H,26,30)(H,27,28,29). The van der Waals surface area contributed by atoms with Gasteiger partial charge < -0.3 is 15.4 Å². The lowest BCUT2D eigenvalue weighted by Gasteiger charge is -2.13. The molecule has 31 heavy (non-hydrogen) atoms. The summed E-state index contributed by atoms with van der Waals surface area (Å²) >= 11 is 0. The lowest BCUT2D eigenvalue weighted by Crippen LogP contribution is -2.24. The summed E-state index contributed by atoms with van der Waals surface area (Å²) in [7, 11) is 0. The average molecular weight is 420 g/mol. The van der Waals surface area contributed by atoms with Crippen LogP contribution in [-0.4, -0.2) is 29.0 Å². The molecule has 1 amide bonds. The van der Waals surface area contributed by atoms with Gasteiger partial charge >= 0.3 is 0 Å². The molecule has 2 aliphatic heterocycles. The molecule has 6 nitrogen and oxygen atoms in total. The third kappa shape index (κ3) is 4.88. The van der Waals surface area contributed by atoms with Gasteiger partial charge in [-0.1, -0.05) is 6.07 Å². The Kier molecular flexibility index (Phi) is 6.23. The van der Waals surface area contributed by atoms with Crippen molar-refractivity contribution in [1.82, 2.24) is 15.3 Å². The molecule has 5 rings (SSSR count). The Hall–Kier alpha value is -3.32. The summed E-state index contributed by atoms with van der Waals surface area (Å²) in [5.41, 5.74) is 5.37. The fraction of sp³-hybridized carbons (Fsp3) is 0.292. The molecule has 0 saturated carbocycles. The molecule has 0 spiro atoms. The highest BCUT2D eigenvalue weighted by Gasteiger charge is 2.13. The van der Waals surface area contributed by atoms with E-state index in [2.05, 4.69) is 20.6 Å².